The van der Waals surface area contributed by atoms with Gasteiger partial charge >= 0.3 is 5.97 Å². The minimum atomic E-state index is -0.389. The summed E-state index contributed by atoms with van der Waals surface area (Å²) in [7, 11) is 1.38. The van der Waals surface area contributed by atoms with Crippen molar-refractivity contribution in [3.8, 4) is 0 Å². The molecule has 5 nitrogen and oxygen atoms in total. The fraction of sp³-hybridized carbons (Fsp3) is 0.667. The number of carbonyl (C=O) groups is 1. The summed E-state index contributed by atoms with van der Waals surface area (Å²) in [5.74, 6) is -0.0442. The van der Waals surface area contributed by atoms with E-state index in [1.807, 2.05) is 6.07 Å². The molecule has 2 saturated heterocycles. The molecule has 1 aromatic rings. The number of carbonyl (C=O) groups excluding carboxylic acids is 1. The summed E-state index contributed by atoms with van der Waals surface area (Å²) in [5, 5.41) is 3.60. The summed E-state index contributed by atoms with van der Waals surface area (Å²) in [6.45, 7) is 2.99. The van der Waals surface area contributed by atoms with Gasteiger partial charge in [0.05, 0.1) is 13.4 Å². The second-order valence-electron chi connectivity index (χ2n) is 5.65. The molecule has 2 aliphatic heterocycles. The van der Waals surface area contributed by atoms with Gasteiger partial charge in [0.1, 0.15) is 0 Å². The molecule has 0 saturated carbocycles. The smallest absolute Gasteiger partial charge is 0.374 e. The first kappa shape index (κ1) is 13.6. The lowest BCUT2D eigenvalue weighted by Gasteiger charge is -2.29. The molecule has 2 unspecified atom stereocenters. The summed E-state index contributed by atoms with van der Waals surface area (Å²) in [6.07, 6.45) is 6.57. The second kappa shape index (κ2) is 5.97. The van der Waals surface area contributed by atoms with Crippen LogP contribution >= 0.6 is 0 Å². The van der Waals surface area contributed by atoms with Crippen LogP contribution in [0.15, 0.2) is 16.7 Å². The lowest BCUT2D eigenvalue weighted by Crippen LogP contribution is -2.43. The van der Waals surface area contributed by atoms with Crippen molar-refractivity contribution in [1.29, 1.82) is 0 Å². The van der Waals surface area contributed by atoms with E-state index in [9.17, 15) is 4.79 Å². The molecule has 0 spiro atoms. The van der Waals surface area contributed by atoms with Crippen molar-refractivity contribution in [2.45, 2.75) is 44.3 Å². The lowest BCUT2D eigenvalue weighted by molar-refractivity contribution is 0.0561. The predicted molar refractivity (Wildman–Crippen MR) is 74.5 cm³/mol. The zero-order valence-electron chi connectivity index (χ0n) is 11.9. The number of furan rings is 1. The van der Waals surface area contributed by atoms with E-state index < -0.39 is 0 Å². The summed E-state index contributed by atoms with van der Waals surface area (Å²) < 4.78 is 10.0. The topological polar surface area (TPSA) is 54.7 Å². The predicted octanol–water partition coefficient (Wildman–Crippen LogP) is 1.78. The van der Waals surface area contributed by atoms with Gasteiger partial charge in [-0.05, 0) is 44.8 Å². The fourth-order valence-electron chi connectivity index (χ4n) is 3.49. The van der Waals surface area contributed by atoms with Crippen LogP contribution in [0.1, 0.15) is 41.8 Å². The molecule has 5 heteroatoms. The Morgan fingerprint density at radius 2 is 2.40 bits per heavy atom. The number of likely N-dealkylation sites (tertiary alicyclic amines) is 1. The van der Waals surface area contributed by atoms with Crippen molar-refractivity contribution in [3.05, 3.63) is 23.7 Å². The molecule has 2 fully saturated rings. The standard InChI is InChI=1S/C15H22N2O3/c1-19-15(18)14-11(6-9-20-14)10-17-8-3-5-13(17)12-4-2-7-16-12/h6,9,12-13,16H,2-5,7-8,10H2,1H3. The van der Waals surface area contributed by atoms with Crippen LogP contribution in [-0.2, 0) is 11.3 Å². The van der Waals surface area contributed by atoms with Gasteiger partial charge in [0, 0.05) is 24.2 Å². The maximum Gasteiger partial charge on any atom is 0.374 e. The summed E-state index contributed by atoms with van der Waals surface area (Å²) in [6, 6.07) is 3.06. The van der Waals surface area contributed by atoms with E-state index in [2.05, 4.69) is 10.2 Å². The third kappa shape index (κ3) is 2.60. The van der Waals surface area contributed by atoms with Crippen LogP contribution in [0.4, 0.5) is 0 Å². The zero-order valence-corrected chi connectivity index (χ0v) is 11.9. The van der Waals surface area contributed by atoms with Gasteiger partial charge in [0.2, 0.25) is 5.76 Å². The van der Waals surface area contributed by atoms with Crippen LogP contribution in [0.3, 0.4) is 0 Å². The van der Waals surface area contributed by atoms with Crippen LogP contribution < -0.4 is 5.32 Å². The van der Waals surface area contributed by atoms with Gasteiger partial charge in [-0.25, -0.2) is 4.79 Å². The van der Waals surface area contributed by atoms with Crippen LogP contribution in [0.5, 0.6) is 0 Å². The van der Waals surface area contributed by atoms with Gasteiger partial charge < -0.3 is 14.5 Å². The molecule has 20 heavy (non-hydrogen) atoms. The molecule has 1 aromatic heterocycles. The highest BCUT2D eigenvalue weighted by atomic mass is 16.5. The van der Waals surface area contributed by atoms with E-state index in [0.29, 0.717) is 17.8 Å². The first-order valence-corrected chi connectivity index (χ1v) is 7.41. The molecule has 2 aliphatic rings. The van der Waals surface area contributed by atoms with Crippen LogP contribution in [-0.4, -0.2) is 43.2 Å². The number of rotatable bonds is 4. The van der Waals surface area contributed by atoms with Crippen LogP contribution in [0.25, 0.3) is 0 Å². The normalized spacial score (nSPS) is 27.1. The molecule has 0 aliphatic carbocycles. The van der Waals surface area contributed by atoms with Crippen molar-refractivity contribution in [1.82, 2.24) is 10.2 Å². The van der Waals surface area contributed by atoms with Crippen molar-refractivity contribution in [2.75, 3.05) is 20.2 Å². The number of esters is 1. The summed E-state index contributed by atoms with van der Waals surface area (Å²) in [5.41, 5.74) is 0.932. The highest BCUT2D eigenvalue weighted by Crippen LogP contribution is 2.27. The van der Waals surface area contributed by atoms with Crippen LogP contribution in [0.2, 0.25) is 0 Å². The molecule has 3 rings (SSSR count). The SMILES string of the molecule is COC(=O)c1occc1CN1CCCC1C1CCCN1. The zero-order chi connectivity index (χ0) is 13.9. The molecule has 1 N–H and O–H groups in total. The maximum atomic E-state index is 11.7. The number of hydrogen-bond donors (Lipinski definition) is 1. The number of nitrogens with zero attached hydrogens (tertiary/aromatic N) is 1. The third-order valence-corrected chi connectivity index (χ3v) is 4.47. The molecule has 0 radical (unpaired) electrons. The first-order valence-electron chi connectivity index (χ1n) is 7.41. The van der Waals surface area contributed by atoms with Crippen molar-refractivity contribution >= 4 is 5.97 Å². The molecule has 110 valence electrons. The highest BCUT2D eigenvalue weighted by molar-refractivity contribution is 5.87. The highest BCUT2D eigenvalue weighted by Gasteiger charge is 2.33. The van der Waals surface area contributed by atoms with Crippen molar-refractivity contribution in [3.63, 3.8) is 0 Å². The Labute approximate surface area is 119 Å². The Morgan fingerprint density at radius 1 is 1.50 bits per heavy atom. The maximum absolute atomic E-state index is 11.7. The average Bonchev–Trinajstić information content (AvgIpc) is 3.19. The van der Waals surface area contributed by atoms with E-state index in [-0.39, 0.29) is 5.97 Å². The lowest BCUT2D eigenvalue weighted by atomic mass is 10.0. The first-order chi connectivity index (χ1) is 9.79. The monoisotopic (exact) mass is 278 g/mol. The average molecular weight is 278 g/mol. The minimum absolute atomic E-state index is 0.345. The van der Waals surface area contributed by atoms with Gasteiger partial charge in [-0.3, -0.25) is 4.90 Å². The van der Waals surface area contributed by atoms with Crippen LogP contribution in [0, 0.1) is 0 Å². The largest absolute Gasteiger partial charge is 0.463 e. The molecular formula is C15H22N2O3. The number of methoxy groups -OCH3 is 1. The Hall–Kier alpha value is -1.33. The quantitative estimate of drug-likeness (QED) is 0.851. The summed E-state index contributed by atoms with van der Waals surface area (Å²) in [4.78, 5) is 14.1. The van der Waals surface area contributed by atoms with E-state index >= 15 is 0 Å². The molecule has 0 bridgehead atoms. The van der Waals surface area contributed by atoms with Crippen molar-refractivity contribution in [2.24, 2.45) is 0 Å². The molecule has 2 atom stereocenters. The molecular weight excluding hydrogens is 256 g/mol. The molecule has 3 heterocycles. The Kier molecular flexibility index (Phi) is 4.08. The number of hydrogen-bond acceptors (Lipinski definition) is 5. The van der Waals surface area contributed by atoms with Gasteiger partial charge in [-0.1, -0.05) is 0 Å². The molecule has 0 aromatic carbocycles. The number of nitrogens with one attached hydrogen (secondary N) is 1. The van der Waals surface area contributed by atoms with Crippen molar-refractivity contribution < 1.29 is 13.9 Å². The Morgan fingerprint density at radius 3 is 3.15 bits per heavy atom. The second-order valence-corrected chi connectivity index (χ2v) is 5.65. The number of ether oxygens (including phenoxy) is 1. The van der Waals surface area contributed by atoms with Gasteiger partial charge in [0.15, 0.2) is 0 Å². The minimum Gasteiger partial charge on any atom is -0.463 e. The van der Waals surface area contributed by atoms with E-state index in [1.54, 1.807) is 6.26 Å². The van der Waals surface area contributed by atoms with Gasteiger partial charge in [-0.2, -0.15) is 0 Å². The van der Waals surface area contributed by atoms with Gasteiger partial charge in [-0.15, -0.1) is 0 Å². The Bertz CT molecular complexity index is 465. The molecule has 0 amide bonds. The Balaban J connectivity index is 1.70. The van der Waals surface area contributed by atoms with Gasteiger partial charge in [0.25, 0.3) is 0 Å². The van der Waals surface area contributed by atoms with E-state index in [4.69, 9.17) is 9.15 Å². The van der Waals surface area contributed by atoms with E-state index in [0.717, 1.165) is 25.2 Å². The van der Waals surface area contributed by atoms with E-state index in [1.165, 1.54) is 32.8 Å². The third-order valence-electron chi connectivity index (χ3n) is 4.47. The fourth-order valence-corrected chi connectivity index (χ4v) is 3.49. The summed E-state index contributed by atoms with van der Waals surface area (Å²) >= 11 is 0.